The number of hydrogen-bond donors (Lipinski definition) is 3. The van der Waals surface area contributed by atoms with Crippen molar-refractivity contribution in [3.8, 4) is 45.5 Å². The molecule has 0 unspecified atom stereocenters. The summed E-state index contributed by atoms with van der Waals surface area (Å²) in [5, 5.41) is 22.9. The number of benzene rings is 3. The van der Waals surface area contributed by atoms with Crippen LogP contribution in [0.3, 0.4) is 0 Å². The topological polar surface area (TPSA) is 123 Å². The van der Waals surface area contributed by atoms with Crippen LogP contribution in [0.5, 0.6) is 17.4 Å². The van der Waals surface area contributed by atoms with E-state index in [9.17, 15) is 9.90 Å². The zero-order valence-electron chi connectivity index (χ0n) is 28.6. The number of methoxy groups -OCH3 is 3. The zero-order chi connectivity index (χ0) is 35.0. The highest BCUT2D eigenvalue weighted by Gasteiger charge is 2.37. The summed E-state index contributed by atoms with van der Waals surface area (Å²) >= 11 is 7.17. The Morgan fingerprint density at radius 2 is 1.72 bits per heavy atom. The second kappa shape index (κ2) is 13.9. The number of aromatic nitrogens is 3. The molecule has 0 bridgehead atoms. The Bertz CT molecular complexity index is 2030. The molecule has 11 nitrogen and oxygen atoms in total. The van der Waals surface area contributed by atoms with Gasteiger partial charge in [-0.3, -0.25) is 9.69 Å². The van der Waals surface area contributed by atoms with Crippen LogP contribution >= 0.6 is 11.6 Å². The van der Waals surface area contributed by atoms with Crippen molar-refractivity contribution >= 4 is 28.4 Å². The molecule has 7 rings (SSSR count). The van der Waals surface area contributed by atoms with Gasteiger partial charge in [0.05, 0.1) is 60.6 Å². The number of hydrogen-bond acceptors (Lipinski definition) is 9. The summed E-state index contributed by atoms with van der Waals surface area (Å²) in [7, 11) is 4.91. The van der Waals surface area contributed by atoms with E-state index >= 15 is 0 Å². The standard InChI is InChI=1S/C38H41ClN6O5/c1-38(47)21-44(22-38)20-30-33(48-2)15-25(16-34(30)49-3)45-32-10-6-7-26(29(32)19-41-45)27-8-5-9-28(36(27)39)31-13-11-23(37(43-31)50-4)17-40-18-24-12-14-35(46)42-24/h5-11,13,15-16,19,24,40,47H,12,14,17-18,20-22H2,1-4H3,(H,42,46)/t24-/m0/s1. The highest BCUT2D eigenvalue weighted by molar-refractivity contribution is 6.36. The Labute approximate surface area is 296 Å². The zero-order valence-corrected chi connectivity index (χ0v) is 29.4. The summed E-state index contributed by atoms with van der Waals surface area (Å²) < 4.78 is 19.2. The number of carbonyl (C=O) groups is 1. The van der Waals surface area contributed by atoms with Gasteiger partial charge in [-0.15, -0.1) is 0 Å². The number of β-amino-alcohol motifs (C(OH)–C–C–N with tert-alkyl or cyclic N) is 1. The van der Waals surface area contributed by atoms with Crippen LogP contribution in [-0.2, 0) is 17.9 Å². The van der Waals surface area contributed by atoms with Gasteiger partial charge in [-0.25, -0.2) is 9.67 Å². The Morgan fingerprint density at radius 3 is 2.40 bits per heavy atom. The van der Waals surface area contributed by atoms with Gasteiger partial charge in [0.25, 0.3) is 0 Å². The molecule has 1 atom stereocenters. The lowest BCUT2D eigenvalue weighted by Crippen LogP contribution is -2.59. The summed E-state index contributed by atoms with van der Waals surface area (Å²) in [6.07, 6.45) is 3.26. The molecule has 2 aliphatic rings. The average molecular weight is 697 g/mol. The fraction of sp³-hybridized carbons (Fsp3) is 0.342. The predicted molar refractivity (Wildman–Crippen MR) is 193 cm³/mol. The number of pyridine rings is 1. The molecule has 50 heavy (non-hydrogen) atoms. The first-order valence-corrected chi connectivity index (χ1v) is 17.1. The minimum absolute atomic E-state index is 0.103. The number of halogens is 1. The molecule has 3 aromatic carbocycles. The van der Waals surface area contributed by atoms with E-state index in [1.807, 2.05) is 78.5 Å². The van der Waals surface area contributed by atoms with Crippen molar-refractivity contribution in [1.82, 2.24) is 30.3 Å². The van der Waals surface area contributed by atoms with Crippen molar-refractivity contribution in [2.45, 2.75) is 44.5 Å². The summed E-state index contributed by atoms with van der Waals surface area (Å²) in [4.78, 5) is 18.5. The molecule has 4 heterocycles. The van der Waals surface area contributed by atoms with Gasteiger partial charge in [0.2, 0.25) is 11.8 Å². The van der Waals surface area contributed by atoms with E-state index in [4.69, 9.17) is 35.9 Å². The fourth-order valence-electron chi connectivity index (χ4n) is 7.07. The van der Waals surface area contributed by atoms with Crippen molar-refractivity contribution < 1.29 is 24.1 Å². The van der Waals surface area contributed by atoms with Gasteiger partial charge in [0.15, 0.2) is 0 Å². The first-order chi connectivity index (χ1) is 24.2. The number of nitrogens with one attached hydrogen (secondary N) is 2. The Hall–Kier alpha value is -4.68. The van der Waals surface area contributed by atoms with E-state index in [0.717, 1.165) is 50.8 Å². The van der Waals surface area contributed by atoms with Crippen LogP contribution in [0.1, 0.15) is 30.9 Å². The molecular formula is C38H41ClN6O5. The molecule has 0 saturated carbocycles. The maximum atomic E-state index is 11.5. The Kier molecular flexibility index (Phi) is 9.40. The van der Waals surface area contributed by atoms with E-state index < -0.39 is 5.60 Å². The molecule has 12 heteroatoms. The summed E-state index contributed by atoms with van der Waals surface area (Å²) in [5.74, 6) is 2.00. The highest BCUT2D eigenvalue weighted by atomic mass is 35.5. The summed E-state index contributed by atoms with van der Waals surface area (Å²) in [5.41, 5.74) is 6.14. The fourth-order valence-corrected chi connectivity index (χ4v) is 7.40. The SMILES string of the molecule is COc1cc(-n2ncc3c(-c4cccc(-c5ccc(CNC[C@@H]6CCC(=O)N6)c(OC)n5)c4Cl)cccc32)cc(OC)c1CN1CC(C)(O)C1. The number of ether oxygens (including phenoxy) is 3. The summed E-state index contributed by atoms with van der Waals surface area (Å²) in [6, 6.07) is 20.0. The predicted octanol–water partition coefficient (Wildman–Crippen LogP) is 5.37. The van der Waals surface area contributed by atoms with Gasteiger partial charge in [-0.1, -0.05) is 48.0 Å². The molecule has 0 spiro atoms. The molecule has 5 aromatic rings. The minimum Gasteiger partial charge on any atom is -0.496 e. The Morgan fingerprint density at radius 1 is 1.00 bits per heavy atom. The number of aliphatic hydroxyl groups is 1. The van der Waals surface area contributed by atoms with Crippen LogP contribution in [-0.4, -0.2) is 83.3 Å². The first kappa shape index (κ1) is 33.8. The van der Waals surface area contributed by atoms with Crippen LogP contribution in [0, 0.1) is 0 Å². The van der Waals surface area contributed by atoms with Gasteiger partial charge in [0.1, 0.15) is 11.5 Å². The number of carbonyl (C=O) groups excluding carboxylic acids is 1. The van der Waals surface area contributed by atoms with Crippen molar-refractivity contribution in [1.29, 1.82) is 0 Å². The van der Waals surface area contributed by atoms with Crippen LogP contribution in [0.25, 0.3) is 39.0 Å². The molecular weight excluding hydrogens is 656 g/mol. The molecule has 2 saturated heterocycles. The average Bonchev–Trinajstić information content (AvgIpc) is 3.73. The first-order valence-electron chi connectivity index (χ1n) is 16.7. The number of nitrogens with zero attached hydrogens (tertiary/aromatic N) is 4. The van der Waals surface area contributed by atoms with E-state index in [1.54, 1.807) is 21.3 Å². The molecule has 0 radical (unpaired) electrons. The van der Waals surface area contributed by atoms with E-state index in [0.29, 0.717) is 67.2 Å². The van der Waals surface area contributed by atoms with Crippen LogP contribution in [0.2, 0.25) is 5.02 Å². The van der Waals surface area contributed by atoms with Crippen molar-refractivity contribution in [3.63, 3.8) is 0 Å². The van der Waals surface area contributed by atoms with E-state index in [1.165, 1.54) is 0 Å². The maximum absolute atomic E-state index is 11.5. The minimum atomic E-state index is -0.669. The van der Waals surface area contributed by atoms with Gasteiger partial charge in [-0.2, -0.15) is 5.10 Å². The van der Waals surface area contributed by atoms with Crippen molar-refractivity contribution in [2.24, 2.45) is 0 Å². The van der Waals surface area contributed by atoms with Crippen molar-refractivity contribution in [2.75, 3.05) is 41.0 Å². The monoisotopic (exact) mass is 696 g/mol. The molecule has 3 N–H and O–H groups in total. The number of amides is 1. The molecule has 260 valence electrons. The highest BCUT2D eigenvalue weighted by Crippen LogP contribution is 2.41. The number of fused-ring (bicyclic) bond motifs is 1. The normalized spacial score (nSPS) is 17.1. The van der Waals surface area contributed by atoms with Crippen LogP contribution < -0.4 is 24.8 Å². The lowest BCUT2D eigenvalue weighted by Gasteiger charge is -2.44. The molecule has 1 amide bonds. The molecule has 2 aliphatic heterocycles. The lowest BCUT2D eigenvalue weighted by atomic mass is 9.96. The van der Waals surface area contributed by atoms with E-state index in [-0.39, 0.29) is 11.9 Å². The third-order valence-electron chi connectivity index (χ3n) is 9.45. The van der Waals surface area contributed by atoms with Gasteiger partial charge in [0, 0.05) is 79.4 Å². The maximum Gasteiger partial charge on any atom is 0.220 e. The number of likely N-dealkylation sites (tertiary alicyclic amines) is 1. The van der Waals surface area contributed by atoms with Gasteiger partial charge in [-0.05, 0) is 31.0 Å². The van der Waals surface area contributed by atoms with Gasteiger partial charge < -0.3 is 30.0 Å². The second-order valence-electron chi connectivity index (χ2n) is 13.2. The lowest BCUT2D eigenvalue weighted by molar-refractivity contribution is -0.119. The van der Waals surface area contributed by atoms with Crippen molar-refractivity contribution in [3.05, 3.63) is 83.0 Å². The third-order valence-corrected chi connectivity index (χ3v) is 9.86. The quantitative estimate of drug-likeness (QED) is 0.158. The second-order valence-corrected chi connectivity index (χ2v) is 13.6. The smallest absolute Gasteiger partial charge is 0.220 e. The van der Waals surface area contributed by atoms with Gasteiger partial charge >= 0.3 is 0 Å². The largest absolute Gasteiger partial charge is 0.496 e. The Balaban J connectivity index is 1.17. The van der Waals surface area contributed by atoms with E-state index in [2.05, 4.69) is 15.5 Å². The third kappa shape index (κ3) is 6.61. The molecule has 0 aliphatic carbocycles. The summed E-state index contributed by atoms with van der Waals surface area (Å²) in [6.45, 7) is 4.87. The number of rotatable bonds is 12. The van der Waals surface area contributed by atoms with Crippen LogP contribution in [0.4, 0.5) is 0 Å². The molecule has 2 fully saturated rings. The van der Waals surface area contributed by atoms with Crippen LogP contribution in [0.15, 0.2) is 66.9 Å². The molecule has 2 aromatic heterocycles.